The SMILES string of the molecule is O=Cc1ccc(-n2ncc3ccccc32)c(F)c1. The fourth-order valence-electron chi connectivity index (χ4n) is 1.93. The molecule has 4 heteroatoms. The van der Waals surface area contributed by atoms with Gasteiger partial charge in [0.15, 0.2) is 0 Å². The van der Waals surface area contributed by atoms with Crippen molar-refractivity contribution in [3.63, 3.8) is 0 Å². The lowest BCUT2D eigenvalue weighted by Crippen LogP contribution is -2.00. The Hall–Kier alpha value is -2.49. The summed E-state index contributed by atoms with van der Waals surface area (Å²) in [4.78, 5) is 10.6. The van der Waals surface area contributed by atoms with Crippen molar-refractivity contribution in [3.8, 4) is 5.69 Å². The summed E-state index contributed by atoms with van der Waals surface area (Å²) in [5, 5.41) is 5.11. The number of aldehydes is 1. The van der Waals surface area contributed by atoms with Gasteiger partial charge in [0.05, 0.1) is 11.7 Å². The maximum absolute atomic E-state index is 13.9. The van der Waals surface area contributed by atoms with Crippen molar-refractivity contribution in [1.82, 2.24) is 9.78 Å². The van der Waals surface area contributed by atoms with Crippen molar-refractivity contribution in [2.24, 2.45) is 0 Å². The van der Waals surface area contributed by atoms with Crippen molar-refractivity contribution in [3.05, 3.63) is 60.0 Å². The standard InChI is InChI=1S/C14H9FN2O/c15-12-7-10(9-18)5-6-14(12)17-13-4-2-1-3-11(13)8-16-17/h1-9H. The second-order valence-corrected chi connectivity index (χ2v) is 3.94. The van der Waals surface area contributed by atoms with Crippen LogP contribution in [0.5, 0.6) is 0 Å². The van der Waals surface area contributed by atoms with Crippen LogP contribution in [0.3, 0.4) is 0 Å². The van der Waals surface area contributed by atoms with Crippen molar-refractivity contribution < 1.29 is 9.18 Å². The number of para-hydroxylation sites is 1. The number of carbonyl (C=O) groups excluding carboxylic acids is 1. The van der Waals surface area contributed by atoms with Gasteiger partial charge in [0.1, 0.15) is 17.8 Å². The highest BCUT2D eigenvalue weighted by atomic mass is 19.1. The highest BCUT2D eigenvalue weighted by Crippen LogP contribution is 2.20. The Morgan fingerprint density at radius 3 is 2.78 bits per heavy atom. The molecule has 88 valence electrons. The van der Waals surface area contributed by atoms with E-state index >= 15 is 0 Å². The molecule has 0 aliphatic rings. The Labute approximate surface area is 102 Å². The number of carbonyl (C=O) groups is 1. The van der Waals surface area contributed by atoms with Gasteiger partial charge in [-0.25, -0.2) is 9.07 Å². The average Bonchev–Trinajstić information content (AvgIpc) is 2.82. The van der Waals surface area contributed by atoms with Crippen LogP contribution in [0.2, 0.25) is 0 Å². The minimum atomic E-state index is -0.464. The van der Waals surface area contributed by atoms with Crippen LogP contribution in [-0.4, -0.2) is 16.1 Å². The molecule has 2 aromatic carbocycles. The summed E-state index contributed by atoms with van der Waals surface area (Å²) < 4.78 is 15.4. The van der Waals surface area contributed by atoms with E-state index in [1.54, 1.807) is 18.3 Å². The molecular weight excluding hydrogens is 231 g/mol. The van der Waals surface area contributed by atoms with Crippen LogP contribution >= 0.6 is 0 Å². The molecule has 0 radical (unpaired) electrons. The van der Waals surface area contributed by atoms with Crippen LogP contribution in [0.1, 0.15) is 10.4 Å². The molecule has 0 saturated heterocycles. The van der Waals surface area contributed by atoms with E-state index in [4.69, 9.17) is 0 Å². The van der Waals surface area contributed by atoms with E-state index in [1.165, 1.54) is 10.7 Å². The predicted octanol–water partition coefficient (Wildman–Crippen LogP) is 2.98. The third kappa shape index (κ3) is 1.59. The number of halogens is 1. The summed E-state index contributed by atoms with van der Waals surface area (Å²) in [5.74, 6) is -0.464. The molecule has 0 spiro atoms. The predicted molar refractivity (Wildman–Crippen MR) is 66.4 cm³/mol. The maximum Gasteiger partial charge on any atom is 0.150 e. The highest BCUT2D eigenvalue weighted by molar-refractivity contribution is 5.80. The highest BCUT2D eigenvalue weighted by Gasteiger charge is 2.09. The summed E-state index contributed by atoms with van der Waals surface area (Å²) in [6.07, 6.45) is 2.30. The molecule has 0 unspecified atom stereocenters. The van der Waals surface area contributed by atoms with Gasteiger partial charge >= 0.3 is 0 Å². The topological polar surface area (TPSA) is 34.9 Å². The molecule has 0 fully saturated rings. The van der Waals surface area contributed by atoms with Gasteiger partial charge in [0.2, 0.25) is 0 Å². The zero-order valence-electron chi connectivity index (χ0n) is 9.38. The van der Waals surface area contributed by atoms with Gasteiger partial charge in [-0.3, -0.25) is 4.79 Å². The van der Waals surface area contributed by atoms with E-state index in [9.17, 15) is 9.18 Å². The van der Waals surface area contributed by atoms with Crippen molar-refractivity contribution in [2.45, 2.75) is 0 Å². The first-order chi connectivity index (χ1) is 8.79. The molecule has 0 aliphatic heterocycles. The zero-order valence-corrected chi connectivity index (χ0v) is 9.38. The van der Waals surface area contributed by atoms with Gasteiger partial charge in [-0.1, -0.05) is 18.2 Å². The van der Waals surface area contributed by atoms with E-state index < -0.39 is 5.82 Å². The van der Waals surface area contributed by atoms with Gasteiger partial charge in [-0.2, -0.15) is 5.10 Å². The normalized spacial score (nSPS) is 10.7. The first-order valence-corrected chi connectivity index (χ1v) is 5.47. The van der Waals surface area contributed by atoms with E-state index in [1.807, 2.05) is 24.3 Å². The van der Waals surface area contributed by atoms with Crippen LogP contribution in [-0.2, 0) is 0 Å². The maximum atomic E-state index is 13.9. The van der Waals surface area contributed by atoms with Gasteiger partial charge in [0, 0.05) is 10.9 Å². The Morgan fingerprint density at radius 1 is 1.17 bits per heavy atom. The molecule has 3 nitrogen and oxygen atoms in total. The molecule has 3 rings (SSSR count). The zero-order chi connectivity index (χ0) is 12.5. The van der Waals surface area contributed by atoms with Crippen molar-refractivity contribution in [2.75, 3.05) is 0 Å². The van der Waals surface area contributed by atoms with Gasteiger partial charge in [0.25, 0.3) is 0 Å². The molecular formula is C14H9FN2O. The third-order valence-corrected chi connectivity index (χ3v) is 2.81. The van der Waals surface area contributed by atoms with Gasteiger partial charge in [-0.05, 0) is 24.3 Å². The number of hydrogen-bond donors (Lipinski definition) is 0. The first-order valence-electron chi connectivity index (χ1n) is 5.47. The number of rotatable bonds is 2. The average molecular weight is 240 g/mol. The first kappa shape index (κ1) is 10.7. The Bertz CT molecular complexity index is 733. The lowest BCUT2D eigenvalue weighted by atomic mass is 10.2. The molecule has 0 aliphatic carbocycles. The molecule has 3 aromatic rings. The van der Waals surface area contributed by atoms with Crippen molar-refractivity contribution >= 4 is 17.2 Å². The second-order valence-electron chi connectivity index (χ2n) is 3.94. The molecule has 18 heavy (non-hydrogen) atoms. The minimum absolute atomic E-state index is 0.313. The lowest BCUT2D eigenvalue weighted by Gasteiger charge is -2.05. The Balaban J connectivity index is 2.23. The number of fused-ring (bicyclic) bond motifs is 1. The molecule has 0 saturated carbocycles. The Kier molecular flexibility index (Phi) is 2.41. The van der Waals surface area contributed by atoms with Crippen LogP contribution in [0, 0.1) is 5.82 Å². The van der Waals surface area contributed by atoms with Gasteiger partial charge < -0.3 is 0 Å². The van der Waals surface area contributed by atoms with Crippen LogP contribution in [0.25, 0.3) is 16.6 Å². The lowest BCUT2D eigenvalue weighted by molar-refractivity contribution is 0.112. The van der Waals surface area contributed by atoms with Crippen molar-refractivity contribution in [1.29, 1.82) is 0 Å². The van der Waals surface area contributed by atoms with Crippen LogP contribution in [0.15, 0.2) is 48.7 Å². The number of hydrogen-bond acceptors (Lipinski definition) is 2. The fraction of sp³-hybridized carbons (Fsp3) is 0. The van der Waals surface area contributed by atoms with E-state index in [-0.39, 0.29) is 0 Å². The monoisotopic (exact) mass is 240 g/mol. The third-order valence-electron chi connectivity index (χ3n) is 2.81. The number of aromatic nitrogens is 2. The fourth-order valence-corrected chi connectivity index (χ4v) is 1.93. The second kappa shape index (κ2) is 4.07. The van der Waals surface area contributed by atoms with Gasteiger partial charge in [-0.15, -0.1) is 0 Å². The molecule has 0 atom stereocenters. The quantitative estimate of drug-likeness (QED) is 0.645. The largest absolute Gasteiger partial charge is 0.298 e. The minimum Gasteiger partial charge on any atom is -0.298 e. The summed E-state index contributed by atoms with van der Waals surface area (Å²) >= 11 is 0. The van der Waals surface area contributed by atoms with Crippen LogP contribution < -0.4 is 0 Å². The number of nitrogens with zero attached hydrogens (tertiary/aromatic N) is 2. The summed E-state index contributed by atoms with van der Waals surface area (Å²) in [5.41, 5.74) is 1.48. The van der Waals surface area contributed by atoms with E-state index in [0.29, 0.717) is 17.5 Å². The Morgan fingerprint density at radius 2 is 2.00 bits per heavy atom. The van der Waals surface area contributed by atoms with E-state index in [2.05, 4.69) is 5.10 Å². The summed E-state index contributed by atoms with van der Waals surface area (Å²) in [7, 11) is 0. The van der Waals surface area contributed by atoms with E-state index in [0.717, 1.165) is 10.9 Å². The smallest absolute Gasteiger partial charge is 0.150 e. The number of benzene rings is 2. The summed E-state index contributed by atoms with van der Waals surface area (Å²) in [6, 6.07) is 11.9. The van der Waals surface area contributed by atoms with Crippen LogP contribution in [0.4, 0.5) is 4.39 Å². The summed E-state index contributed by atoms with van der Waals surface area (Å²) in [6.45, 7) is 0. The molecule has 1 heterocycles. The molecule has 0 N–H and O–H groups in total. The molecule has 0 bridgehead atoms. The molecule has 0 amide bonds. The molecule has 1 aromatic heterocycles.